The number of phosphoric ester groups is 3. The number of nitrogens with zero attached hydrogens (tertiary/aromatic N) is 4. The number of aromatic nitrogens is 4. The number of aliphatic hydroxyl groups excluding tert-OH is 3. The molecule has 1 aliphatic carbocycles. The Morgan fingerprint density at radius 2 is 1.72 bits per heavy atom. The normalized spacial score (nSPS) is 25.7. The molecule has 3 heterocycles. The van der Waals surface area contributed by atoms with Crippen LogP contribution in [0, 0.1) is 11.3 Å². The van der Waals surface area contributed by atoms with Gasteiger partial charge in [-0.05, 0) is 12.8 Å². The minimum Gasteiger partial charge on any atom is -0.392 e. The van der Waals surface area contributed by atoms with Crippen molar-refractivity contribution in [1.82, 2.24) is 30.2 Å². The first-order valence-electron chi connectivity index (χ1n) is 17.2. The van der Waals surface area contributed by atoms with E-state index in [0.29, 0.717) is 12.8 Å². The molecule has 0 bridgehead atoms. The number of anilines is 1. The van der Waals surface area contributed by atoms with Crippen molar-refractivity contribution in [3.8, 4) is 0 Å². The molecule has 57 heavy (non-hydrogen) atoms. The number of carbonyl (C=O) groups is 3. The highest BCUT2D eigenvalue weighted by Crippen LogP contribution is 2.61. The lowest BCUT2D eigenvalue weighted by molar-refractivity contribution is -0.137. The maximum atomic E-state index is 12.7. The van der Waals surface area contributed by atoms with Gasteiger partial charge in [0.05, 0.1) is 31.6 Å². The summed E-state index contributed by atoms with van der Waals surface area (Å²) in [7, 11) is -16.4. The number of nitrogens with two attached hydrogens (primary N) is 1. The van der Waals surface area contributed by atoms with Crippen molar-refractivity contribution in [2.75, 3.05) is 37.8 Å². The SMILES string of the molecule is CC(C)(COP(=O)(O)OP(=O)(O)OC[C@H]1O[C@@H](n2cnc3c(N)ncnc32)[C@H](O)[C@@H]1OP(=O)(O)O)[C@@H](O)C(=O)NCCC(=O)NCCSC(=O)C1CCCCC1O. The molecule has 9 atom stereocenters. The molecule has 2 aromatic rings. The molecule has 2 aliphatic rings. The zero-order valence-corrected chi connectivity index (χ0v) is 34.0. The maximum absolute atomic E-state index is 12.7. The smallest absolute Gasteiger partial charge is 0.392 e. The largest absolute Gasteiger partial charge is 0.481 e. The number of nitrogen functional groups attached to an aromatic ring is 1. The Labute approximate surface area is 328 Å². The van der Waals surface area contributed by atoms with E-state index >= 15 is 0 Å². The highest BCUT2D eigenvalue weighted by Gasteiger charge is 2.50. The van der Waals surface area contributed by atoms with E-state index in [4.69, 9.17) is 19.5 Å². The molecule has 2 amide bonds. The van der Waals surface area contributed by atoms with E-state index < -0.39 is 96.6 Å². The van der Waals surface area contributed by atoms with Crippen LogP contribution in [0.2, 0.25) is 0 Å². The zero-order chi connectivity index (χ0) is 42.3. The molecule has 25 nitrogen and oxygen atoms in total. The van der Waals surface area contributed by atoms with E-state index in [1.807, 2.05) is 0 Å². The molecule has 0 radical (unpaired) electrons. The van der Waals surface area contributed by atoms with Crippen molar-refractivity contribution in [2.45, 2.75) is 82.7 Å². The number of thioether (sulfide) groups is 1. The van der Waals surface area contributed by atoms with Crippen LogP contribution in [0.15, 0.2) is 12.7 Å². The van der Waals surface area contributed by atoms with Gasteiger partial charge in [-0.2, -0.15) is 4.31 Å². The number of ether oxygens (including phenoxy) is 1. The summed E-state index contributed by atoms with van der Waals surface area (Å²) in [6, 6.07) is 0. The number of phosphoric acid groups is 3. The predicted molar refractivity (Wildman–Crippen MR) is 195 cm³/mol. The van der Waals surface area contributed by atoms with Crippen LogP contribution in [0.4, 0.5) is 5.82 Å². The second-order valence-electron chi connectivity index (χ2n) is 13.7. The minimum atomic E-state index is -5.58. The van der Waals surface area contributed by atoms with E-state index in [2.05, 4.69) is 34.4 Å². The first kappa shape index (κ1) is 47.2. The van der Waals surface area contributed by atoms with E-state index in [0.717, 1.165) is 41.8 Å². The quantitative estimate of drug-likeness (QED) is 0.0575. The molecule has 0 aromatic carbocycles. The number of hydrogen-bond donors (Lipinski definition) is 10. The monoisotopic (exact) mass is 893 g/mol. The van der Waals surface area contributed by atoms with Crippen molar-refractivity contribution in [3.63, 3.8) is 0 Å². The number of carbonyl (C=O) groups excluding carboxylic acids is 3. The highest BCUT2D eigenvalue weighted by molar-refractivity contribution is 8.13. The van der Waals surface area contributed by atoms with Crippen molar-refractivity contribution in [3.05, 3.63) is 12.7 Å². The summed E-state index contributed by atoms with van der Waals surface area (Å²) in [6.07, 6.45) is -4.68. The molecule has 1 saturated heterocycles. The van der Waals surface area contributed by atoms with Crippen molar-refractivity contribution in [2.24, 2.45) is 11.3 Å². The first-order chi connectivity index (χ1) is 26.5. The fraction of sp³-hybridized carbons (Fsp3) is 0.714. The van der Waals surface area contributed by atoms with Gasteiger partial charge in [0.2, 0.25) is 11.8 Å². The number of imidazole rings is 1. The number of aliphatic hydroxyl groups is 3. The Kier molecular flexibility index (Phi) is 16.3. The molecule has 4 rings (SSSR count). The molecule has 2 fully saturated rings. The lowest BCUT2D eigenvalue weighted by atomic mass is 9.87. The fourth-order valence-corrected chi connectivity index (χ4v) is 9.50. The third-order valence-corrected chi connectivity index (χ3v) is 12.9. The van der Waals surface area contributed by atoms with E-state index in [9.17, 15) is 63.0 Å². The molecule has 1 aliphatic heterocycles. The molecule has 11 N–H and O–H groups in total. The predicted octanol–water partition coefficient (Wildman–Crippen LogP) is -0.784. The summed E-state index contributed by atoms with van der Waals surface area (Å²) < 4.78 is 62.1. The van der Waals surface area contributed by atoms with Crippen molar-refractivity contribution < 1.29 is 85.6 Å². The zero-order valence-electron chi connectivity index (χ0n) is 30.5. The summed E-state index contributed by atoms with van der Waals surface area (Å²) in [5.74, 6) is -1.62. The molecular formula is C28H46N7O18P3S. The number of amides is 2. The van der Waals surface area contributed by atoms with Gasteiger partial charge in [0, 0.05) is 30.7 Å². The van der Waals surface area contributed by atoms with Crippen LogP contribution in [0.1, 0.15) is 52.2 Å². The van der Waals surface area contributed by atoms with Crippen LogP contribution in [0.5, 0.6) is 0 Å². The Bertz CT molecular complexity index is 1890. The fourth-order valence-electron chi connectivity index (χ4n) is 5.78. The molecular weight excluding hydrogens is 847 g/mol. The average molecular weight is 894 g/mol. The van der Waals surface area contributed by atoms with Crippen LogP contribution in [0.3, 0.4) is 0 Å². The Hall–Kier alpha value is -2.48. The average Bonchev–Trinajstić information content (AvgIpc) is 3.68. The van der Waals surface area contributed by atoms with Gasteiger partial charge >= 0.3 is 23.5 Å². The number of hydrogen-bond acceptors (Lipinski definition) is 19. The van der Waals surface area contributed by atoms with Crippen LogP contribution in [-0.4, -0.2) is 134 Å². The summed E-state index contributed by atoms with van der Waals surface area (Å²) in [6.45, 7) is 0.407. The summed E-state index contributed by atoms with van der Waals surface area (Å²) in [5, 5.41) is 36.3. The van der Waals surface area contributed by atoms with Gasteiger partial charge in [-0.1, -0.05) is 38.5 Å². The summed E-state index contributed by atoms with van der Waals surface area (Å²) in [5.41, 5.74) is 4.24. The van der Waals surface area contributed by atoms with Gasteiger partial charge in [-0.3, -0.25) is 32.5 Å². The standard InChI is InChI=1S/C28H46N7O18P3S/c1-28(2,22(39)25(40)31-8-7-18(37)30-9-10-57-27(41)15-5-3-4-6-16(15)36)12-50-56(47,48)53-55(45,46)49-11-17-21(52-54(42,43)44)20(38)26(51-17)35-14-34-19-23(29)32-13-33-24(19)35/h13-17,20-22,26,36,38-39H,3-12H2,1-2H3,(H,30,37)(H,31,40)(H,45,46)(H,47,48)(H2,29,32,33)(H2,42,43,44)/t15?,16?,17-,20-,21-,22+,26-/m1/s1. The first-order valence-corrected chi connectivity index (χ1v) is 22.7. The van der Waals surface area contributed by atoms with Gasteiger partial charge in [-0.25, -0.2) is 28.6 Å². The van der Waals surface area contributed by atoms with E-state index in [-0.39, 0.29) is 47.4 Å². The number of fused-ring (bicyclic) bond motifs is 1. The lowest BCUT2D eigenvalue weighted by Gasteiger charge is -2.30. The van der Waals surface area contributed by atoms with Crippen LogP contribution < -0.4 is 16.4 Å². The van der Waals surface area contributed by atoms with Gasteiger partial charge in [0.1, 0.15) is 36.3 Å². The Morgan fingerprint density at radius 1 is 1.04 bits per heavy atom. The minimum absolute atomic E-state index is 0.0275. The molecule has 29 heteroatoms. The number of nitrogens with one attached hydrogen (secondary N) is 2. The summed E-state index contributed by atoms with van der Waals surface area (Å²) in [4.78, 5) is 88.0. The maximum Gasteiger partial charge on any atom is 0.481 e. The van der Waals surface area contributed by atoms with Crippen molar-refractivity contribution in [1.29, 1.82) is 0 Å². The molecule has 322 valence electrons. The number of rotatable bonds is 20. The van der Waals surface area contributed by atoms with Crippen molar-refractivity contribution >= 4 is 69.1 Å². The Balaban J connectivity index is 1.22. The van der Waals surface area contributed by atoms with Gasteiger partial charge < -0.3 is 56.0 Å². The molecule has 2 aromatic heterocycles. The van der Waals surface area contributed by atoms with Crippen LogP contribution >= 0.6 is 35.2 Å². The third-order valence-electron chi connectivity index (χ3n) is 8.78. The second kappa shape index (κ2) is 19.7. The molecule has 4 unspecified atom stereocenters. The third kappa shape index (κ3) is 13.5. The highest BCUT2D eigenvalue weighted by atomic mass is 32.2. The lowest BCUT2D eigenvalue weighted by Crippen LogP contribution is -2.46. The second-order valence-corrected chi connectivity index (χ2v) is 19.0. The van der Waals surface area contributed by atoms with Gasteiger partial charge in [0.15, 0.2) is 22.8 Å². The molecule has 1 saturated carbocycles. The van der Waals surface area contributed by atoms with E-state index in [1.165, 1.54) is 13.8 Å². The summed E-state index contributed by atoms with van der Waals surface area (Å²) >= 11 is 1.02. The molecule has 0 spiro atoms. The Morgan fingerprint density at radius 3 is 2.40 bits per heavy atom. The van der Waals surface area contributed by atoms with Crippen LogP contribution in [-0.2, 0) is 50.7 Å². The van der Waals surface area contributed by atoms with E-state index in [1.54, 1.807) is 0 Å². The topological polar surface area (TPSA) is 384 Å². The van der Waals surface area contributed by atoms with Gasteiger partial charge in [0.25, 0.3) is 0 Å². The van der Waals surface area contributed by atoms with Gasteiger partial charge in [-0.15, -0.1) is 0 Å². The van der Waals surface area contributed by atoms with Crippen LogP contribution in [0.25, 0.3) is 11.2 Å².